The van der Waals surface area contributed by atoms with Crippen LogP contribution in [-0.4, -0.2) is 34.2 Å². The van der Waals surface area contributed by atoms with Gasteiger partial charge in [-0.25, -0.2) is 13.1 Å². The van der Waals surface area contributed by atoms with Gasteiger partial charge in [-0.1, -0.05) is 18.2 Å². The van der Waals surface area contributed by atoms with E-state index < -0.39 is 10.0 Å². The van der Waals surface area contributed by atoms with Crippen LogP contribution in [0.15, 0.2) is 59.8 Å². The van der Waals surface area contributed by atoms with Crippen LogP contribution in [0.25, 0.3) is 10.8 Å². The zero-order chi connectivity index (χ0) is 18.6. The maximum absolute atomic E-state index is 12.7. The fourth-order valence-electron chi connectivity index (χ4n) is 2.77. The molecule has 0 aliphatic carbocycles. The first kappa shape index (κ1) is 18.2. The van der Waals surface area contributed by atoms with Crippen molar-refractivity contribution in [2.24, 2.45) is 0 Å². The van der Waals surface area contributed by atoms with Crippen molar-refractivity contribution in [3.05, 3.63) is 60.4 Å². The number of sulfonamides is 1. The van der Waals surface area contributed by atoms with E-state index in [0.717, 1.165) is 10.9 Å². The maximum atomic E-state index is 12.7. The molecule has 1 N–H and O–H groups in total. The average Bonchev–Trinajstić information content (AvgIpc) is 2.67. The molecule has 0 spiro atoms. The van der Waals surface area contributed by atoms with Crippen molar-refractivity contribution >= 4 is 20.8 Å². The largest absolute Gasteiger partial charge is 0.493 e. The molecule has 7 heteroatoms. The Balaban J connectivity index is 1.75. The zero-order valence-electron chi connectivity index (χ0n) is 14.6. The minimum Gasteiger partial charge on any atom is -0.493 e. The van der Waals surface area contributed by atoms with E-state index in [0.29, 0.717) is 23.3 Å². The normalized spacial score (nSPS) is 11.5. The van der Waals surface area contributed by atoms with Gasteiger partial charge in [0.2, 0.25) is 10.0 Å². The summed E-state index contributed by atoms with van der Waals surface area (Å²) in [5.74, 6) is 1.26. The highest BCUT2D eigenvalue weighted by molar-refractivity contribution is 7.89. The standard InChI is InChI=1S/C19H20N2O4S/c1-24-17-7-6-14(12-18(17)25-2)8-11-21-26(22,23)19-5-3-4-15-13-20-10-9-16(15)19/h3-7,9-10,12-13,21H,8,11H2,1-2H3. The lowest BCUT2D eigenvalue weighted by Gasteiger charge is -2.11. The summed E-state index contributed by atoms with van der Waals surface area (Å²) in [4.78, 5) is 4.29. The zero-order valence-corrected chi connectivity index (χ0v) is 15.4. The van der Waals surface area contributed by atoms with Crippen molar-refractivity contribution in [1.29, 1.82) is 0 Å². The van der Waals surface area contributed by atoms with Crippen molar-refractivity contribution in [1.82, 2.24) is 9.71 Å². The van der Waals surface area contributed by atoms with Gasteiger partial charge in [-0.05, 0) is 36.2 Å². The maximum Gasteiger partial charge on any atom is 0.241 e. The molecule has 26 heavy (non-hydrogen) atoms. The van der Waals surface area contributed by atoms with Crippen LogP contribution in [-0.2, 0) is 16.4 Å². The number of aromatic nitrogens is 1. The lowest BCUT2D eigenvalue weighted by molar-refractivity contribution is 0.354. The SMILES string of the molecule is COc1ccc(CCNS(=O)(=O)c2cccc3cnccc23)cc1OC. The van der Waals surface area contributed by atoms with E-state index in [4.69, 9.17) is 9.47 Å². The van der Waals surface area contributed by atoms with Crippen LogP contribution in [0.2, 0.25) is 0 Å². The van der Waals surface area contributed by atoms with Crippen molar-refractivity contribution in [2.45, 2.75) is 11.3 Å². The molecule has 0 radical (unpaired) electrons. The van der Waals surface area contributed by atoms with Gasteiger partial charge in [0.15, 0.2) is 11.5 Å². The van der Waals surface area contributed by atoms with Crippen molar-refractivity contribution < 1.29 is 17.9 Å². The highest BCUT2D eigenvalue weighted by atomic mass is 32.2. The van der Waals surface area contributed by atoms with Crippen molar-refractivity contribution in [2.75, 3.05) is 20.8 Å². The molecule has 3 rings (SSSR count). The monoisotopic (exact) mass is 372 g/mol. The number of pyridine rings is 1. The highest BCUT2D eigenvalue weighted by Gasteiger charge is 2.16. The van der Waals surface area contributed by atoms with Gasteiger partial charge in [0.05, 0.1) is 19.1 Å². The van der Waals surface area contributed by atoms with Gasteiger partial charge in [0.1, 0.15) is 0 Å². The van der Waals surface area contributed by atoms with Crippen LogP contribution < -0.4 is 14.2 Å². The molecule has 1 heterocycles. The van der Waals surface area contributed by atoms with Crippen LogP contribution in [0.4, 0.5) is 0 Å². The van der Waals surface area contributed by atoms with E-state index in [1.807, 2.05) is 18.2 Å². The van der Waals surface area contributed by atoms with Crippen molar-refractivity contribution in [3.63, 3.8) is 0 Å². The topological polar surface area (TPSA) is 77.5 Å². The molecule has 0 atom stereocenters. The number of methoxy groups -OCH3 is 2. The van der Waals surface area contributed by atoms with Gasteiger partial charge in [0.25, 0.3) is 0 Å². The van der Waals surface area contributed by atoms with E-state index >= 15 is 0 Å². The lowest BCUT2D eigenvalue weighted by Crippen LogP contribution is -2.26. The predicted molar refractivity (Wildman–Crippen MR) is 100 cm³/mol. The molecule has 0 unspecified atom stereocenters. The van der Waals surface area contributed by atoms with E-state index in [2.05, 4.69) is 9.71 Å². The Bertz CT molecular complexity index is 1010. The molecule has 0 fully saturated rings. The molecule has 2 aromatic carbocycles. The highest BCUT2D eigenvalue weighted by Crippen LogP contribution is 2.27. The Labute approximate surface area is 152 Å². The van der Waals surface area contributed by atoms with Gasteiger partial charge >= 0.3 is 0 Å². The van der Waals surface area contributed by atoms with E-state index in [9.17, 15) is 8.42 Å². The number of benzene rings is 2. The van der Waals surface area contributed by atoms with Gasteiger partial charge in [-0.15, -0.1) is 0 Å². The Morgan fingerprint density at radius 1 is 1.04 bits per heavy atom. The summed E-state index contributed by atoms with van der Waals surface area (Å²) in [6.45, 7) is 0.277. The molecule has 1 aromatic heterocycles. The lowest BCUT2D eigenvalue weighted by atomic mass is 10.1. The second-order valence-corrected chi connectivity index (χ2v) is 7.43. The molecular weight excluding hydrogens is 352 g/mol. The molecule has 3 aromatic rings. The second kappa shape index (κ2) is 7.72. The number of hydrogen-bond acceptors (Lipinski definition) is 5. The summed E-state index contributed by atoms with van der Waals surface area (Å²) in [5, 5.41) is 1.44. The van der Waals surface area contributed by atoms with E-state index in [1.54, 1.807) is 50.9 Å². The molecule has 0 amide bonds. The average molecular weight is 372 g/mol. The summed E-state index contributed by atoms with van der Waals surface area (Å²) in [5.41, 5.74) is 0.951. The van der Waals surface area contributed by atoms with E-state index in [-0.39, 0.29) is 11.4 Å². The van der Waals surface area contributed by atoms with E-state index in [1.165, 1.54) is 0 Å². The molecule has 6 nitrogen and oxygen atoms in total. The number of nitrogens with zero attached hydrogens (tertiary/aromatic N) is 1. The first-order chi connectivity index (χ1) is 12.5. The molecular formula is C19H20N2O4S. The Hall–Kier alpha value is -2.64. The number of rotatable bonds is 7. The second-order valence-electron chi connectivity index (χ2n) is 5.69. The molecule has 0 aliphatic rings. The predicted octanol–water partition coefficient (Wildman–Crippen LogP) is 2.77. The van der Waals surface area contributed by atoms with Crippen molar-refractivity contribution in [3.8, 4) is 11.5 Å². The fraction of sp³-hybridized carbons (Fsp3) is 0.211. The van der Waals surface area contributed by atoms with Gasteiger partial charge < -0.3 is 9.47 Å². The third kappa shape index (κ3) is 3.79. The fourth-order valence-corrected chi connectivity index (χ4v) is 4.03. The van der Waals surface area contributed by atoms with Gasteiger partial charge in [-0.2, -0.15) is 0 Å². The quantitative estimate of drug-likeness (QED) is 0.690. The van der Waals surface area contributed by atoms with Crippen LogP contribution in [0.5, 0.6) is 11.5 Å². The third-order valence-corrected chi connectivity index (χ3v) is 5.60. The van der Waals surface area contributed by atoms with Crippen LogP contribution in [0.1, 0.15) is 5.56 Å². The molecule has 0 aliphatic heterocycles. The van der Waals surface area contributed by atoms with Crippen LogP contribution in [0, 0.1) is 0 Å². The Morgan fingerprint density at radius 3 is 2.62 bits per heavy atom. The van der Waals surface area contributed by atoms with Crippen LogP contribution in [0.3, 0.4) is 0 Å². The molecule has 0 saturated carbocycles. The summed E-state index contributed by atoms with van der Waals surface area (Å²) in [7, 11) is -0.475. The summed E-state index contributed by atoms with van der Waals surface area (Å²) in [6, 6.07) is 12.4. The summed E-state index contributed by atoms with van der Waals surface area (Å²) < 4.78 is 38.5. The number of ether oxygens (including phenoxy) is 2. The number of hydrogen-bond donors (Lipinski definition) is 1. The molecule has 136 valence electrons. The number of fused-ring (bicyclic) bond motifs is 1. The third-order valence-electron chi connectivity index (χ3n) is 4.08. The smallest absolute Gasteiger partial charge is 0.241 e. The first-order valence-corrected chi connectivity index (χ1v) is 9.57. The minimum absolute atomic E-state index is 0.254. The molecule has 0 saturated heterocycles. The number of nitrogens with one attached hydrogen (secondary N) is 1. The van der Waals surface area contributed by atoms with Gasteiger partial charge in [0, 0.05) is 29.7 Å². The van der Waals surface area contributed by atoms with Crippen LogP contribution >= 0.6 is 0 Å². The Morgan fingerprint density at radius 2 is 1.85 bits per heavy atom. The molecule has 0 bridgehead atoms. The minimum atomic E-state index is -3.62. The summed E-state index contributed by atoms with van der Waals surface area (Å²) >= 11 is 0. The summed E-state index contributed by atoms with van der Waals surface area (Å²) in [6.07, 6.45) is 3.77. The Kier molecular flexibility index (Phi) is 5.39. The van der Waals surface area contributed by atoms with Gasteiger partial charge in [-0.3, -0.25) is 4.98 Å². The first-order valence-electron chi connectivity index (χ1n) is 8.08.